The lowest BCUT2D eigenvalue weighted by Gasteiger charge is -2.16. The first-order valence-corrected chi connectivity index (χ1v) is 6.26. The summed E-state index contributed by atoms with van der Waals surface area (Å²) in [5, 5.41) is 0.479. The number of pyridine rings is 1. The Bertz CT molecular complexity index is 428. The highest BCUT2D eigenvalue weighted by atomic mass is 35.5. The van der Waals surface area contributed by atoms with Crippen LogP contribution < -0.4 is 4.74 Å². The molecule has 6 heteroatoms. The lowest BCUT2D eigenvalue weighted by Crippen LogP contribution is -2.31. The fourth-order valence-corrected chi connectivity index (χ4v) is 2.01. The summed E-state index contributed by atoms with van der Waals surface area (Å²) in [6, 6.07) is 1.72. The molecule has 1 aromatic heterocycles. The number of amides is 1. The van der Waals surface area contributed by atoms with Gasteiger partial charge in [0.15, 0.2) is 0 Å². The van der Waals surface area contributed by atoms with E-state index in [9.17, 15) is 4.79 Å². The average molecular weight is 271 g/mol. The van der Waals surface area contributed by atoms with E-state index in [1.54, 1.807) is 24.1 Å². The number of likely N-dealkylation sites (tertiary alicyclic amines) is 1. The highest BCUT2D eigenvalue weighted by molar-refractivity contribution is 6.31. The largest absolute Gasteiger partial charge is 0.487 e. The van der Waals surface area contributed by atoms with Crippen molar-refractivity contribution in [1.29, 1.82) is 0 Å². The van der Waals surface area contributed by atoms with Gasteiger partial charge in [-0.3, -0.25) is 4.98 Å². The molecule has 0 aliphatic carbocycles. The van der Waals surface area contributed by atoms with Crippen molar-refractivity contribution >= 4 is 17.7 Å². The van der Waals surface area contributed by atoms with Crippen LogP contribution in [0.1, 0.15) is 13.3 Å². The highest BCUT2D eigenvalue weighted by Gasteiger charge is 2.28. The summed E-state index contributed by atoms with van der Waals surface area (Å²) in [5.41, 5.74) is 0. The smallest absolute Gasteiger partial charge is 0.409 e. The Morgan fingerprint density at radius 3 is 3.22 bits per heavy atom. The van der Waals surface area contributed by atoms with Crippen molar-refractivity contribution < 1.29 is 14.3 Å². The van der Waals surface area contributed by atoms with E-state index in [1.165, 1.54) is 6.20 Å². The van der Waals surface area contributed by atoms with Crippen LogP contribution in [0, 0.1) is 0 Å². The SMILES string of the molecule is CCOC(=O)N1CCC(Oc2ccncc2Cl)C1. The van der Waals surface area contributed by atoms with Gasteiger partial charge in [-0.2, -0.15) is 0 Å². The van der Waals surface area contributed by atoms with Gasteiger partial charge in [0, 0.05) is 31.4 Å². The van der Waals surface area contributed by atoms with Crippen molar-refractivity contribution in [3.8, 4) is 5.75 Å². The quantitative estimate of drug-likeness (QED) is 0.846. The maximum atomic E-state index is 11.5. The number of carbonyl (C=O) groups excluding carboxylic acids is 1. The monoisotopic (exact) mass is 270 g/mol. The van der Waals surface area contributed by atoms with Crippen molar-refractivity contribution in [1.82, 2.24) is 9.88 Å². The second-order valence-electron chi connectivity index (χ2n) is 3.98. The molecule has 1 atom stereocenters. The lowest BCUT2D eigenvalue weighted by molar-refractivity contribution is 0.110. The molecule has 1 aromatic rings. The van der Waals surface area contributed by atoms with E-state index < -0.39 is 0 Å². The molecule has 0 bridgehead atoms. The Kier molecular flexibility index (Phi) is 4.25. The molecule has 0 N–H and O–H groups in total. The Labute approximate surface area is 111 Å². The maximum absolute atomic E-state index is 11.5. The third kappa shape index (κ3) is 3.04. The molecule has 0 spiro atoms. The average Bonchev–Trinajstić information content (AvgIpc) is 2.81. The lowest BCUT2D eigenvalue weighted by atomic mass is 10.3. The summed E-state index contributed by atoms with van der Waals surface area (Å²) in [7, 11) is 0. The van der Waals surface area contributed by atoms with Gasteiger partial charge in [-0.1, -0.05) is 11.6 Å². The van der Waals surface area contributed by atoms with Gasteiger partial charge < -0.3 is 14.4 Å². The number of hydrogen-bond donors (Lipinski definition) is 0. The Morgan fingerprint density at radius 1 is 1.67 bits per heavy atom. The van der Waals surface area contributed by atoms with E-state index in [4.69, 9.17) is 21.1 Å². The normalized spacial score (nSPS) is 18.8. The molecular formula is C12H15ClN2O3. The standard InChI is InChI=1S/C12H15ClN2O3/c1-2-17-12(16)15-6-4-9(8-15)18-11-3-5-14-7-10(11)13/h3,5,7,9H,2,4,6,8H2,1H3. The molecule has 0 saturated carbocycles. The Morgan fingerprint density at radius 2 is 2.50 bits per heavy atom. The maximum Gasteiger partial charge on any atom is 0.409 e. The fourth-order valence-electron chi connectivity index (χ4n) is 1.84. The molecule has 0 aromatic carbocycles. The zero-order chi connectivity index (χ0) is 13.0. The van der Waals surface area contributed by atoms with Crippen LogP contribution in [-0.2, 0) is 4.74 Å². The molecule has 18 heavy (non-hydrogen) atoms. The predicted molar refractivity (Wildman–Crippen MR) is 66.9 cm³/mol. The Balaban J connectivity index is 1.90. The van der Waals surface area contributed by atoms with Crippen LogP contribution in [0.2, 0.25) is 5.02 Å². The summed E-state index contributed by atoms with van der Waals surface area (Å²) in [4.78, 5) is 17.1. The van der Waals surface area contributed by atoms with E-state index in [0.29, 0.717) is 30.5 Å². The van der Waals surface area contributed by atoms with Gasteiger partial charge in [0.1, 0.15) is 16.9 Å². The van der Waals surface area contributed by atoms with Crippen LogP contribution in [0.15, 0.2) is 18.5 Å². The molecule has 2 heterocycles. The first-order valence-electron chi connectivity index (χ1n) is 5.88. The number of rotatable bonds is 3. The summed E-state index contributed by atoms with van der Waals surface area (Å²) in [5.74, 6) is 0.599. The van der Waals surface area contributed by atoms with Gasteiger partial charge in [0.05, 0.1) is 13.2 Å². The van der Waals surface area contributed by atoms with Crippen molar-refractivity contribution in [2.75, 3.05) is 19.7 Å². The number of hydrogen-bond acceptors (Lipinski definition) is 4. The summed E-state index contributed by atoms with van der Waals surface area (Å²) < 4.78 is 10.7. The van der Waals surface area contributed by atoms with E-state index in [1.807, 2.05) is 0 Å². The van der Waals surface area contributed by atoms with Crippen LogP contribution in [-0.4, -0.2) is 41.8 Å². The molecule has 1 saturated heterocycles. The highest BCUT2D eigenvalue weighted by Crippen LogP contribution is 2.25. The van der Waals surface area contributed by atoms with Crippen molar-refractivity contribution in [3.63, 3.8) is 0 Å². The number of carbonyl (C=O) groups is 1. The second-order valence-corrected chi connectivity index (χ2v) is 4.39. The zero-order valence-corrected chi connectivity index (χ0v) is 10.9. The van der Waals surface area contributed by atoms with Gasteiger partial charge >= 0.3 is 6.09 Å². The fraction of sp³-hybridized carbons (Fsp3) is 0.500. The molecule has 0 radical (unpaired) electrons. The molecule has 1 aliphatic heterocycles. The van der Waals surface area contributed by atoms with Crippen molar-refractivity contribution in [2.45, 2.75) is 19.4 Å². The number of aromatic nitrogens is 1. The van der Waals surface area contributed by atoms with Crippen LogP contribution in [0.5, 0.6) is 5.75 Å². The first kappa shape index (κ1) is 13.0. The van der Waals surface area contributed by atoms with Gasteiger partial charge in [0.25, 0.3) is 0 Å². The predicted octanol–water partition coefficient (Wildman–Crippen LogP) is 2.34. The van der Waals surface area contributed by atoms with E-state index in [-0.39, 0.29) is 12.2 Å². The minimum atomic E-state index is -0.288. The second kappa shape index (κ2) is 5.91. The minimum Gasteiger partial charge on any atom is -0.487 e. The van der Waals surface area contributed by atoms with Gasteiger partial charge in [-0.15, -0.1) is 0 Å². The van der Waals surface area contributed by atoms with Crippen molar-refractivity contribution in [3.05, 3.63) is 23.5 Å². The molecule has 1 amide bonds. The van der Waals surface area contributed by atoms with Crippen LogP contribution in [0.4, 0.5) is 4.79 Å². The molecule has 1 unspecified atom stereocenters. The molecule has 1 aliphatic rings. The number of nitrogens with zero attached hydrogens (tertiary/aromatic N) is 2. The molecule has 2 rings (SSSR count). The van der Waals surface area contributed by atoms with E-state index >= 15 is 0 Å². The van der Waals surface area contributed by atoms with E-state index in [0.717, 1.165) is 6.42 Å². The van der Waals surface area contributed by atoms with E-state index in [2.05, 4.69) is 4.98 Å². The van der Waals surface area contributed by atoms with Gasteiger partial charge in [0.2, 0.25) is 0 Å². The van der Waals surface area contributed by atoms with Gasteiger partial charge in [-0.05, 0) is 6.92 Å². The topological polar surface area (TPSA) is 51.7 Å². The van der Waals surface area contributed by atoms with Gasteiger partial charge in [-0.25, -0.2) is 4.79 Å². The third-order valence-corrected chi connectivity index (χ3v) is 2.98. The molecule has 98 valence electrons. The number of halogens is 1. The summed E-state index contributed by atoms with van der Waals surface area (Å²) in [6.45, 7) is 3.35. The zero-order valence-electron chi connectivity index (χ0n) is 10.1. The summed E-state index contributed by atoms with van der Waals surface area (Å²) >= 11 is 5.96. The van der Waals surface area contributed by atoms with Crippen LogP contribution in [0.25, 0.3) is 0 Å². The Hall–Kier alpha value is -1.49. The number of ether oxygens (including phenoxy) is 2. The molecular weight excluding hydrogens is 256 g/mol. The molecule has 1 fully saturated rings. The minimum absolute atomic E-state index is 0.0469. The van der Waals surface area contributed by atoms with Crippen LogP contribution in [0.3, 0.4) is 0 Å². The summed E-state index contributed by atoms with van der Waals surface area (Å²) in [6.07, 6.45) is 3.60. The third-order valence-electron chi connectivity index (χ3n) is 2.70. The molecule has 5 nitrogen and oxygen atoms in total. The van der Waals surface area contributed by atoms with Crippen LogP contribution >= 0.6 is 11.6 Å². The van der Waals surface area contributed by atoms with Crippen molar-refractivity contribution in [2.24, 2.45) is 0 Å². The first-order chi connectivity index (χ1) is 8.70.